The van der Waals surface area contributed by atoms with Crippen molar-refractivity contribution in [1.82, 2.24) is 35.0 Å². The Morgan fingerprint density at radius 2 is 1.36 bits per heavy atom. The molecule has 296 valence electrons. The second-order valence-electron chi connectivity index (χ2n) is 15.3. The van der Waals surface area contributed by atoms with Crippen molar-refractivity contribution in [2.75, 3.05) is 17.2 Å². The van der Waals surface area contributed by atoms with E-state index < -0.39 is 0 Å². The van der Waals surface area contributed by atoms with Gasteiger partial charge in [-0.15, -0.1) is 15.3 Å². The maximum absolute atomic E-state index is 11.4. The Morgan fingerprint density at radius 1 is 0.727 bits per heavy atom. The maximum atomic E-state index is 11.4. The van der Waals surface area contributed by atoms with Gasteiger partial charge >= 0.3 is 0 Å². The highest BCUT2D eigenvalue weighted by molar-refractivity contribution is 5.94. The molecule has 2 fully saturated rings. The number of rotatable bonds is 12. The molecule has 4 aliphatic rings. The van der Waals surface area contributed by atoms with Gasteiger partial charge in [0.25, 0.3) is 0 Å². The van der Waals surface area contributed by atoms with Gasteiger partial charge in [-0.3, -0.25) is 9.59 Å². The van der Waals surface area contributed by atoms with Crippen LogP contribution in [-0.2, 0) is 35.3 Å². The normalized spacial score (nSPS) is 17.0. The summed E-state index contributed by atoms with van der Waals surface area (Å²) < 4.78 is 10.3. The number of unbranched alkanes of at least 4 members (excludes halogenated alkanes) is 3. The summed E-state index contributed by atoms with van der Waals surface area (Å²) in [5, 5.41) is 35.5. The summed E-state index contributed by atoms with van der Waals surface area (Å²) in [4.78, 5) is 22.4. The molecule has 2 amide bonds. The minimum absolute atomic E-state index is 0.0492. The molecule has 3 N–H and O–H groups in total. The third-order valence-corrected chi connectivity index (χ3v) is 11.1. The second kappa shape index (κ2) is 20.8. The van der Waals surface area contributed by atoms with Crippen molar-refractivity contribution in [2.24, 2.45) is 0 Å². The minimum Gasteiger partial charge on any atom is -0.508 e. The van der Waals surface area contributed by atoms with Crippen LogP contribution in [0, 0.1) is 0 Å². The molecule has 0 atom stereocenters. The van der Waals surface area contributed by atoms with Crippen molar-refractivity contribution in [2.45, 2.75) is 154 Å². The number of nitrogens with one attached hydrogen (secondary N) is 2. The minimum atomic E-state index is 0.0492. The van der Waals surface area contributed by atoms with Gasteiger partial charge in [-0.05, 0) is 116 Å². The second-order valence-corrected chi connectivity index (χ2v) is 15.3. The van der Waals surface area contributed by atoms with Gasteiger partial charge in [-0.2, -0.15) is 0 Å². The van der Waals surface area contributed by atoms with Gasteiger partial charge in [0.05, 0.1) is 12.6 Å². The summed E-state index contributed by atoms with van der Waals surface area (Å²) >= 11 is 0. The van der Waals surface area contributed by atoms with Gasteiger partial charge in [-0.25, -0.2) is 4.68 Å². The van der Waals surface area contributed by atoms with E-state index in [0.29, 0.717) is 31.5 Å². The van der Waals surface area contributed by atoms with Crippen LogP contribution in [0.25, 0.3) is 0 Å². The van der Waals surface area contributed by atoms with E-state index >= 15 is 0 Å². The lowest BCUT2D eigenvalue weighted by molar-refractivity contribution is -0.117. The molecule has 2 aromatic carbocycles. The molecular formula is C42H59N9O4. The predicted molar refractivity (Wildman–Crippen MR) is 212 cm³/mol. The summed E-state index contributed by atoms with van der Waals surface area (Å²) in [6, 6.07) is 12.0. The van der Waals surface area contributed by atoms with E-state index in [1.807, 2.05) is 24.5 Å². The predicted octanol–water partition coefficient (Wildman–Crippen LogP) is 8.26. The number of benzene rings is 2. The van der Waals surface area contributed by atoms with Crippen molar-refractivity contribution < 1.29 is 19.4 Å². The van der Waals surface area contributed by atoms with Gasteiger partial charge in [-0.1, -0.05) is 58.3 Å². The zero-order valence-electron chi connectivity index (χ0n) is 32.6. The number of phenols is 1. The Kier molecular flexibility index (Phi) is 15.0. The van der Waals surface area contributed by atoms with Crippen LogP contribution in [0.1, 0.15) is 151 Å². The molecule has 2 aliphatic carbocycles. The van der Waals surface area contributed by atoms with Crippen molar-refractivity contribution in [3.8, 4) is 11.5 Å². The molecule has 0 saturated heterocycles. The molecule has 0 radical (unpaired) electrons. The van der Waals surface area contributed by atoms with Crippen LogP contribution in [-0.4, -0.2) is 58.5 Å². The Morgan fingerprint density at radius 3 is 2.07 bits per heavy atom. The standard InChI is InChI=1S/C20H27N5O2.C13H23N3.C9H9NO2/c26-20-12-9-15-14-17(10-11-18(15)21-20)27-13-5-4-8-19-22-23-24-25(19)16-6-2-1-3-7-16;1-2-3-5-10-13-15-14-11-16(13)12-8-6-4-7-9-12;11-7-2-3-8-6(5-7)1-4-9(12)10-8/h10-11,14,16H,1-9,12-13H2,(H,21,26);11-12H,2-10H2,1H3;2-3,5,11H,1,4H2,(H,10,12). The van der Waals surface area contributed by atoms with Crippen LogP contribution in [0.2, 0.25) is 0 Å². The van der Waals surface area contributed by atoms with E-state index in [-0.39, 0.29) is 17.6 Å². The lowest BCUT2D eigenvalue weighted by Gasteiger charge is -2.23. The summed E-state index contributed by atoms with van der Waals surface area (Å²) in [7, 11) is 0. The summed E-state index contributed by atoms with van der Waals surface area (Å²) in [6.45, 7) is 2.92. The number of fused-ring (bicyclic) bond motifs is 2. The number of nitrogens with zero attached hydrogens (tertiary/aromatic N) is 7. The molecule has 13 nitrogen and oxygen atoms in total. The first-order chi connectivity index (χ1) is 27.0. The Hall–Kier alpha value is -4.81. The van der Waals surface area contributed by atoms with Crippen LogP contribution < -0.4 is 15.4 Å². The summed E-state index contributed by atoms with van der Waals surface area (Å²) in [6.07, 6.45) is 25.4. The van der Waals surface area contributed by atoms with Crippen molar-refractivity contribution in [3.05, 3.63) is 65.5 Å². The van der Waals surface area contributed by atoms with Crippen LogP contribution in [0.15, 0.2) is 42.7 Å². The SMILES string of the molecule is CCCCCc1nncn1C1CCCCC1.O=C1CCc2cc(O)ccc2N1.O=C1CCc2cc(OCCCCc3nnnn3C3CCCCC3)ccc2N1. The molecule has 4 heterocycles. The van der Waals surface area contributed by atoms with Crippen molar-refractivity contribution in [3.63, 3.8) is 0 Å². The average Bonchev–Trinajstić information content (AvgIpc) is 3.89. The van der Waals surface area contributed by atoms with Gasteiger partial charge in [0.2, 0.25) is 11.8 Å². The summed E-state index contributed by atoms with van der Waals surface area (Å²) in [5.74, 6) is 3.48. The van der Waals surface area contributed by atoms with Gasteiger partial charge < -0.3 is 25.0 Å². The molecule has 13 heteroatoms. The molecule has 8 rings (SSSR count). The lowest BCUT2D eigenvalue weighted by atomic mass is 9.95. The fourth-order valence-electron chi connectivity index (χ4n) is 8.02. The first-order valence-electron chi connectivity index (χ1n) is 20.8. The molecule has 2 aromatic heterocycles. The highest BCUT2D eigenvalue weighted by Crippen LogP contribution is 2.31. The van der Waals surface area contributed by atoms with Gasteiger partial charge in [0.1, 0.15) is 23.7 Å². The number of amides is 2. The van der Waals surface area contributed by atoms with E-state index in [1.165, 1.54) is 89.3 Å². The van der Waals surface area contributed by atoms with Crippen molar-refractivity contribution in [1.29, 1.82) is 0 Å². The first kappa shape index (κ1) is 39.9. The van der Waals surface area contributed by atoms with Crippen LogP contribution in [0.3, 0.4) is 0 Å². The third kappa shape index (κ3) is 11.8. The first-order valence-corrected chi connectivity index (χ1v) is 20.8. The fraction of sp³-hybridized carbons (Fsp3) is 0.595. The molecule has 0 unspecified atom stereocenters. The number of hydrogen-bond donors (Lipinski definition) is 3. The number of aromatic hydroxyl groups is 1. The Balaban J connectivity index is 0.000000155. The maximum Gasteiger partial charge on any atom is 0.224 e. The zero-order chi connectivity index (χ0) is 38.2. The van der Waals surface area contributed by atoms with E-state index in [9.17, 15) is 9.59 Å². The van der Waals surface area contributed by atoms with Crippen LogP contribution in [0.5, 0.6) is 11.5 Å². The highest BCUT2D eigenvalue weighted by Gasteiger charge is 2.21. The van der Waals surface area contributed by atoms with Crippen LogP contribution in [0.4, 0.5) is 11.4 Å². The van der Waals surface area contributed by atoms with Gasteiger partial charge in [0.15, 0.2) is 5.82 Å². The molecule has 0 spiro atoms. The third-order valence-electron chi connectivity index (χ3n) is 11.1. The number of tetrazole rings is 1. The lowest BCUT2D eigenvalue weighted by Crippen LogP contribution is -2.18. The van der Waals surface area contributed by atoms with Gasteiger partial charge in [0, 0.05) is 43.1 Å². The molecular weight excluding hydrogens is 695 g/mol. The van der Waals surface area contributed by atoms with E-state index in [1.54, 1.807) is 18.2 Å². The Labute approximate surface area is 325 Å². The number of anilines is 2. The molecule has 0 bridgehead atoms. The number of phenolic OH excluding ortho intramolecular Hbond substituents is 1. The van der Waals surface area contributed by atoms with E-state index in [0.717, 1.165) is 72.6 Å². The van der Waals surface area contributed by atoms with Crippen molar-refractivity contribution >= 4 is 23.2 Å². The number of aromatic nitrogens is 7. The average molecular weight is 754 g/mol. The largest absolute Gasteiger partial charge is 0.508 e. The molecule has 2 saturated carbocycles. The number of ether oxygens (including phenoxy) is 1. The fourth-order valence-corrected chi connectivity index (χ4v) is 8.02. The quantitative estimate of drug-likeness (QED) is 0.0955. The monoisotopic (exact) mass is 753 g/mol. The van der Waals surface area contributed by atoms with Crippen LogP contribution >= 0.6 is 0 Å². The number of hydrogen-bond acceptors (Lipinski definition) is 9. The van der Waals surface area contributed by atoms with E-state index in [2.05, 4.69) is 52.5 Å². The molecule has 2 aliphatic heterocycles. The highest BCUT2D eigenvalue weighted by atomic mass is 16.5. The molecule has 4 aromatic rings. The van der Waals surface area contributed by atoms with E-state index in [4.69, 9.17) is 9.84 Å². The number of aryl methyl sites for hydroxylation is 4. The molecule has 55 heavy (non-hydrogen) atoms. The number of carbonyl (C=O) groups excluding carboxylic acids is 2. The Bertz CT molecular complexity index is 1810. The topological polar surface area (TPSA) is 162 Å². The zero-order valence-corrected chi connectivity index (χ0v) is 32.6. The smallest absolute Gasteiger partial charge is 0.224 e. The summed E-state index contributed by atoms with van der Waals surface area (Å²) in [5.41, 5.74) is 3.89. The number of carbonyl (C=O) groups is 2.